The maximum Gasteiger partial charge on any atom is 0.270 e. The van der Waals surface area contributed by atoms with E-state index in [1.807, 2.05) is 24.3 Å². The average Bonchev–Trinajstić information content (AvgIpc) is 2.46. The summed E-state index contributed by atoms with van der Waals surface area (Å²) in [6.07, 6.45) is 0. The molecule has 0 atom stereocenters. The number of non-ortho nitro benzene ring substituents is 1. The zero-order chi connectivity index (χ0) is 14.5. The van der Waals surface area contributed by atoms with Crippen molar-refractivity contribution in [3.05, 3.63) is 74.2 Å². The summed E-state index contributed by atoms with van der Waals surface area (Å²) in [5.41, 5.74) is 1.96. The monoisotopic (exact) mass is 334 g/mol. The molecule has 2 aromatic rings. The number of hydrogen-bond acceptors (Lipinski definition) is 4. The fourth-order valence-corrected chi connectivity index (χ4v) is 2.24. The van der Waals surface area contributed by atoms with Gasteiger partial charge >= 0.3 is 0 Å². The van der Waals surface area contributed by atoms with Crippen LogP contribution in [0.4, 0.5) is 5.69 Å². The zero-order valence-electron chi connectivity index (χ0n) is 10.6. The van der Waals surface area contributed by atoms with Crippen molar-refractivity contribution in [3.63, 3.8) is 0 Å². The van der Waals surface area contributed by atoms with E-state index in [9.17, 15) is 10.1 Å². The Bertz CT molecular complexity index is 671. The Morgan fingerprint density at radius 1 is 1.25 bits per heavy atom. The van der Waals surface area contributed by atoms with Crippen LogP contribution in [0.15, 0.2) is 58.2 Å². The van der Waals surface area contributed by atoms with Crippen LogP contribution < -0.4 is 0 Å². The van der Waals surface area contributed by atoms with Crippen molar-refractivity contribution in [2.45, 2.75) is 0 Å². The summed E-state index contributed by atoms with van der Waals surface area (Å²) in [4.78, 5) is 15.3. The Morgan fingerprint density at radius 2 is 2.00 bits per heavy atom. The molecular formula is C14H11BrN2O3. The van der Waals surface area contributed by atoms with E-state index in [0.29, 0.717) is 11.3 Å². The second kappa shape index (κ2) is 6.29. The highest BCUT2D eigenvalue weighted by Gasteiger charge is 2.14. The lowest BCUT2D eigenvalue weighted by Gasteiger charge is -2.08. The van der Waals surface area contributed by atoms with Gasteiger partial charge in [-0.05, 0) is 6.07 Å². The number of nitrogens with zero attached hydrogens (tertiary/aromatic N) is 2. The van der Waals surface area contributed by atoms with E-state index in [1.54, 1.807) is 12.1 Å². The SMILES string of the molecule is CO/N=C(/c1cccc([N+](=O)[O-])c1)c1ccccc1Br. The molecule has 0 spiro atoms. The first-order chi connectivity index (χ1) is 9.63. The van der Waals surface area contributed by atoms with Crippen LogP contribution in [0.25, 0.3) is 0 Å². The molecule has 0 fully saturated rings. The number of hydrogen-bond donors (Lipinski definition) is 0. The van der Waals surface area contributed by atoms with Crippen LogP contribution in [0.2, 0.25) is 0 Å². The second-order valence-electron chi connectivity index (χ2n) is 3.91. The fraction of sp³-hybridized carbons (Fsp3) is 0.0714. The van der Waals surface area contributed by atoms with Gasteiger partial charge in [0.05, 0.1) is 4.92 Å². The van der Waals surface area contributed by atoms with Crippen molar-refractivity contribution in [1.29, 1.82) is 0 Å². The molecule has 0 aliphatic rings. The highest BCUT2D eigenvalue weighted by molar-refractivity contribution is 9.10. The predicted octanol–water partition coefficient (Wildman–Crippen LogP) is 3.76. The summed E-state index contributed by atoms with van der Waals surface area (Å²) in [7, 11) is 1.44. The molecule has 0 N–H and O–H groups in total. The van der Waals surface area contributed by atoms with Gasteiger partial charge in [0.15, 0.2) is 0 Å². The highest BCUT2D eigenvalue weighted by Crippen LogP contribution is 2.22. The van der Waals surface area contributed by atoms with E-state index < -0.39 is 4.92 Å². The minimum absolute atomic E-state index is 0.0124. The molecule has 20 heavy (non-hydrogen) atoms. The van der Waals surface area contributed by atoms with Crippen LogP contribution in [0.1, 0.15) is 11.1 Å². The Kier molecular flexibility index (Phi) is 4.47. The van der Waals surface area contributed by atoms with E-state index in [1.165, 1.54) is 19.2 Å². The summed E-state index contributed by atoms with van der Waals surface area (Å²) >= 11 is 3.44. The van der Waals surface area contributed by atoms with Gasteiger partial charge in [0, 0.05) is 27.7 Å². The third-order valence-corrected chi connectivity index (χ3v) is 3.33. The van der Waals surface area contributed by atoms with Crippen molar-refractivity contribution >= 4 is 27.3 Å². The topological polar surface area (TPSA) is 64.7 Å². The lowest BCUT2D eigenvalue weighted by atomic mass is 10.0. The minimum Gasteiger partial charge on any atom is -0.399 e. The van der Waals surface area contributed by atoms with Gasteiger partial charge in [-0.2, -0.15) is 0 Å². The van der Waals surface area contributed by atoms with Crippen LogP contribution in [-0.2, 0) is 4.84 Å². The third kappa shape index (κ3) is 3.03. The summed E-state index contributed by atoms with van der Waals surface area (Å²) in [6, 6.07) is 13.8. The first-order valence-electron chi connectivity index (χ1n) is 5.74. The Balaban J connectivity index is 2.56. The minimum atomic E-state index is -0.437. The van der Waals surface area contributed by atoms with Crippen LogP contribution in [-0.4, -0.2) is 17.7 Å². The first-order valence-corrected chi connectivity index (χ1v) is 6.53. The third-order valence-electron chi connectivity index (χ3n) is 2.64. The molecule has 0 bridgehead atoms. The van der Waals surface area contributed by atoms with Crippen LogP contribution in [0.5, 0.6) is 0 Å². The standard InChI is InChI=1S/C14H11BrN2O3/c1-20-16-14(12-7-2-3-8-13(12)15)10-5-4-6-11(9-10)17(18)19/h2-9H,1H3/b16-14-. The van der Waals surface area contributed by atoms with Gasteiger partial charge in [-0.25, -0.2) is 0 Å². The number of nitro groups is 1. The van der Waals surface area contributed by atoms with Gasteiger partial charge in [-0.3, -0.25) is 10.1 Å². The Morgan fingerprint density at radius 3 is 2.65 bits per heavy atom. The zero-order valence-corrected chi connectivity index (χ0v) is 12.2. The molecule has 0 unspecified atom stereocenters. The van der Waals surface area contributed by atoms with Crippen molar-refractivity contribution < 1.29 is 9.76 Å². The molecule has 5 nitrogen and oxygen atoms in total. The van der Waals surface area contributed by atoms with Crippen LogP contribution in [0, 0.1) is 10.1 Å². The quantitative estimate of drug-likeness (QED) is 0.485. The smallest absolute Gasteiger partial charge is 0.270 e. The van der Waals surface area contributed by atoms with E-state index >= 15 is 0 Å². The number of benzene rings is 2. The summed E-state index contributed by atoms with van der Waals surface area (Å²) < 4.78 is 0.835. The summed E-state index contributed by atoms with van der Waals surface area (Å²) in [5, 5.41) is 14.9. The summed E-state index contributed by atoms with van der Waals surface area (Å²) in [5.74, 6) is 0. The van der Waals surface area contributed by atoms with Crippen molar-refractivity contribution in [2.75, 3.05) is 7.11 Å². The molecule has 0 saturated carbocycles. The molecule has 6 heteroatoms. The maximum absolute atomic E-state index is 10.9. The van der Waals surface area contributed by atoms with E-state index in [2.05, 4.69) is 21.1 Å². The van der Waals surface area contributed by atoms with Gasteiger partial charge in [0.2, 0.25) is 0 Å². The van der Waals surface area contributed by atoms with Crippen molar-refractivity contribution in [2.24, 2.45) is 5.16 Å². The summed E-state index contributed by atoms with van der Waals surface area (Å²) in [6.45, 7) is 0. The van der Waals surface area contributed by atoms with Crippen molar-refractivity contribution in [3.8, 4) is 0 Å². The van der Waals surface area contributed by atoms with Gasteiger partial charge in [0.1, 0.15) is 12.8 Å². The first kappa shape index (κ1) is 14.2. The molecule has 0 aromatic heterocycles. The van der Waals surface area contributed by atoms with Crippen LogP contribution >= 0.6 is 15.9 Å². The van der Waals surface area contributed by atoms with Gasteiger partial charge in [-0.15, -0.1) is 0 Å². The Hall–Kier alpha value is -2.21. The lowest BCUT2D eigenvalue weighted by Crippen LogP contribution is -2.05. The van der Waals surface area contributed by atoms with E-state index in [4.69, 9.17) is 4.84 Å². The largest absolute Gasteiger partial charge is 0.399 e. The molecule has 2 aromatic carbocycles. The molecule has 102 valence electrons. The second-order valence-corrected chi connectivity index (χ2v) is 4.76. The molecule has 0 radical (unpaired) electrons. The Labute approximate surface area is 124 Å². The number of halogens is 1. The molecular weight excluding hydrogens is 324 g/mol. The van der Waals surface area contributed by atoms with Crippen molar-refractivity contribution in [1.82, 2.24) is 0 Å². The molecule has 0 amide bonds. The van der Waals surface area contributed by atoms with Gasteiger partial charge in [0.25, 0.3) is 5.69 Å². The van der Waals surface area contributed by atoms with E-state index in [0.717, 1.165) is 10.0 Å². The number of nitro benzene ring substituents is 1. The fourth-order valence-electron chi connectivity index (χ4n) is 1.77. The molecule has 2 rings (SSSR count). The maximum atomic E-state index is 10.9. The number of rotatable bonds is 4. The average molecular weight is 335 g/mol. The number of oxime groups is 1. The lowest BCUT2D eigenvalue weighted by molar-refractivity contribution is -0.384. The molecule has 0 heterocycles. The molecule has 0 saturated heterocycles. The molecule has 0 aliphatic heterocycles. The molecule has 0 aliphatic carbocycles. The normalized spacial score (nSPS) is 11.2. The van der Waals surface area contributed by atoms with Crippen LogP contribution in [0.3, 0.4) is 0 Å². The van der Waals surface area contributed by atoms with E-state index in [-0.39, 0.29) is 5.69 Å². The van der Waals surface area contributed by atoms with Gasteiger partial charge < -0.3 is 4.84 Å². The predicted molar refractivity (Wildman–Crippen MR) is 79.9 cm³/mol. The van der Waals surface area contributed by atoms with Gasteiger partial charge in [-0.1, -0.05) is 51.4 Å². The highest BCUT2D eigenvalue weighted by atomic mass is 79.9.